The molecular weight excluding hydrogens is 795 g/mol. The van der Waals surface area contributed by atoms with Crippen LogP contribution in [0.1, 0.15) is 26.4 Å². The second-order valence-corrected chi connectivity index (χ2v) is 12.4. The number of hydrazone groups is 1. The molecule has 4 aromatic carbocycles. The molecule has 0 aliphatic carbocycles. The van der Waals surface area contributed by atoms with Crippen LogP contribution in [0.25, 0.3) is 22.0 Å². The SMILES string of the molecule is O=C(Oc1c(Br)cc(Br)cc1C=NNC(=O)c1[nH]c2c(Cl)cc(Br)cc2c1-c1ccccc1Cl)c1ccc([N+](=O)[O-])cc1. The Morgan fingerprint density at radius 3 is 2.35 bits per heavy atom. The molecule has 14 heteroatoms. The molecule has 1 aromatic heterocycles. The van der Waals surface area contributed by atoms with E-state index < -0.39 is 16.8 Å². The monoisotopic (exact) mass is 806 g/mol. The number of nitrogens with one attached hydrogen (secondary N) is 2. The van der Waals surface area contributed by atoms with E-state index >= 15 is 0 Å². The lowest BCUT2D eigenvalue weighted by Gasteiger charge is -2.11. The maximum Gasteiger partial charge on any atom is 0.343 e. The average Bonchev–Trinajstić information content (AvgIpc) is 3.34. The Kier molecular flexibility index (Phi) is 9.33. The first-order valence-corrected chi connectivity index (χ1v) is 15.2. The number of nitrogens with zero attached hydrogens (tertiary/aromatic N) is 2. The molecule has 0 bridgehead atoms. The summed E-state index contributed by atoms with van der Waals surface area (Å²) in [6.07, 6.45) is 1.31. The van der Waals surface area contributed by atoms with Crippen molar-refractivity contribution in [3.05, 3.63) is 123 Å². The molecule has 1 amide bonds. The zero-order chi connectivity index (χ0) is 30.8. The molecule has 0 saturated heterocycles. The smallest absolute Gasteiger partial charge is 0.343 e. The van der Waals surface area contributed by atoms with Crippen LogP contribution in [0.2, 0.25) is 10.0 Å². The van der Waals surface area contributed by atoms with Crippen LogP contribution < -0.4 is 10.2 Å². The van der Waals surface area contributed by atoms with Crippen molar-refractivity contribution in [1.29, 1.82) is 0 Å². The summed E-state index contributed by atoms with van der Waals surface area (Å²) in [5, 5.41) is 16.6. The number of halogens is 5. The van der Waals surface area contributed by atoms with E-state index in [0.29, 0.717) is 46.6 Å². The number of hydrogen-bond donors (Lipinski definition) is 2. The third kappa shape index (κ3) is 6.68. The van der Waals surface area contributed by atoms with Crippen LogP contribution >= 0.6 is 71.0 Å². The quantitative estimate of drug-likeness (QED) is 0.0557. The van der Waals surface area contributed by atoms with Gasteiger partial charge in [-0.25, -0.2) is 10.2 Å². The van der Waals surface area contributed by atoms with Gasteiger partial charge in [0.2, 0.25) is 0 Å². The molecule has 216 valence electrons. The summed E-state index contributed by atoms with van der Waals surface area (Å²) in [5.74, 6) is -1.21. The minimum Gasteiger partial charge on any atom is -0.421 e. The lowest BCUT2D eigenvalue weighted by molar-refractivity contribution is -0.384. The summed E-state index contributed by atoms with van der Waals surface area (Å²) >= 11 is 23.2. The van der Waals surface area contributed by atoms with Crippen molar-refractivity contribution in [1.82, 2.24) is 10.4 Å². The van der Waals surface area contributed by atoms with E-state index in [2.05, 4.69) is 63.3 Å². The zero-order valence-corrected chi connectivity index (χ0v) is 27.6. The number of carbonyl (C=O) groups excluding carboxylic acids is 2. The third-order valence-corrected chi connectivity index (χ3v) is 8.24. The highest BCUT2D eigenvalue weighted by molar-refractivity contribution is 9.11. The van der Waals surface area contributed by atoms with Crippen molar-refractivity contribution in [2.45, 2.75) is 0 Å². The Labute approximate surface area is 278 Å². The molecule has 0 saturated carbocycles. The number of ether oxygens (including phenoxy) is 1. The second-order valence-electron chi connectivity index (χ2n) is 8.86. The predicted octanol–water partition coefficient (Wildman–Crippen LogP) is 9.32. The van der Waals surface area contributed by atoms with Crippen LogP contribution in [0.3, 0.4) is 0 Å². The van der Waals surface area contributed by atoms with Crippen molar-refractivity contribution < 1.29 is 19.2 Å². The fourth-order valence-electron chi connectivity index (χ4n) is 4.21. The van der Waals surface area contributed by atoms with Crippen LogP contribution in [0.15, 0.2) is 91.3 Å². The normalized spacial score (nSPS) is 11.2. The maximum absolute atomic E-state index is 13.5. The van der Waals surface area contributed by atoms with Gasteiger partial charge in [0, 0.05) is 48.2 Å². The number of nitro groups is 1. The molecule has 0 fully saturated rings. The van der Waals surface area contributed by atoms with Gasteiger partial charge in [0.25, 0.3) is 11.6 Å². The van der Waals surface area contributed by atoms with Gasteiger partial charge < -0.3 is 9.72 Å². The number of nitro benzene ring substituents is 1. The zero-order valence-electron chi connectivity index (χ0n) is 21.3. The van der Waals surface area contributed by atoms with Gasteiger partial charge in [0.05, 0.1) is 31.7 Å². The van der Waals surface area contributed by atoms with Gasteiger partial charge in [-0.05, 0) is 58.4 Å². The Bertz CT molecular complexity index is 1960. The predicted molar refractivity (Wildman–Crippen MR) is 176 cm³/mol. The number of hydrogen-bond acceptors (Lipinski definition) is 6. The van der Waals surface area contributed by atoms with Gasteiger partial charge in [-0.1, -0.05) is 73.3 Å². The lowest BCUT2D eigenvalue weighted by atomic mass is 10.0. The van der Waals surface area contributed by atoms with Crippen LogP contribution in [-0.2, 0) is 0 Å². The van der Waals surface area contributed by atoms with Crippen LogP contribution in [0.4, 0.5) is 5.69 Å². The van der Waals surface area contributed by atoms with Gasteiger partial charge in [0.15, 0.2) is 5.75 Å². The van der Waals surface area contributed by atoms with E-state index in [0.717, 1.165) is 4.47 Å². The van der Waals surface area contributed by atoms with Gasteiger partial charge in [-0.2, -0.15) is 5.10 Å². The summed E-state index contributed by atoms with van der Waals surface area (Å²) < 4.78 is 7.37. The van der Waals surface area contributed by atoms with Crippen LogP contribution in [-0.4, -0.2) is 28.0 Å². The van der Waals surface area contributed by atoms with Crippen LogP contribution in [0, 0.1) is 10.1 Å². The first-order chi connectivity index (χ1) is 20.5. The Hall–Kier alpha value is -3.55. The Balaban J connectivity index is 1.45. The number of carbonyl (C=O) groups is 2. The number of aromatic nitrogens is 1. The molecule has 0 atom stereocenters. The summed E-state index contributed by atoms with van der Waals surface area (Å²) in [7, 11) is 0. The third-order valence-electron chi connectivity index (χ3n) is 6.11. The topological polar surface area (TPSA) is 127 Å². The summed E-state index contributed by atoms with van der Waals surface area (Å²) in [6.45, 7) is 0. The van der Waals surface area contributed by atoms with Crippen molar-refractivity contribution in [2.75, 3.05) is 0 Å². The van der Waals surface area contributed by atoms with Crippen LogP contribution in [0.5, 0.6) is 5.75 Å². The summed E-state index contributed by atoms with van der Waals surface area (Å²) in [5.41, 5.74) is 4.68. The summed E-state index contributed by atoms with van der Waals surface area (Å²) in [6, 6.07) is 19.0. The van der Waals surface area contributed by atoms with Crippen molar-refractivity contribution >= 4 is 106 Å². The Morgan fingerprint density at radius 1 is 0.953 bits per heavy atom. The van der Waals surface area contributed by atoms with Gasteiger partial charge in [-0.3, -0.25) is 14.9 Å². The van der Waals surface area contributed by atoms with Crippen molar-refractivity contribution in [2.24, 2.45) is 5.10 Å². The molecule has 0 aliphatic rings. The number of non-ortho nitro benzene ring substituents is 1. The number of fused-ring (bicyclic) bond motifs is 1. The number of H-pyrrole nitrogens is 1. The van der Waals surface area contributed by atoms with Gasteiger partial charge >= 0.3 is 5.97 Å². The molecule has 5 aromatic rings. The Morgan fingerprint density at radius 2 is 1.65 bits per heavy atom. The summed E-state index contributed by atoms with van der Waals surface area (Å²) in [4.78, 5) is 39.7. The molecule has 0 spiro atoms. The lowest BCUT2D eigenvalue weighted by Crippen LogP contribution is -2.19. The number of amides is 1. The average molecular weight is 810 g/mol. The van der Waals surface area contributed by atoms with Crippen molar-refractivity contribution in [3.8, 4) is 16.9 Å². The minimum absolute atomic E-state index is 0.104. The molecule has 2 N–H and O–H groups in total. The van der Waals surface area contributed by atoms with E-state index in [9.17, 15) is 19.7 Å². The van der Waals surface area contributed by atoms with E-state index in [1.165, 1.54) is 30.5 Å². The highest BCUT2D eigenvalue weighted by Gasteiger charge is 2.23. The fraction of sp³-hybridized carbons (Fsp3) is 0. The molecule has 43 heavy (non-hydrogen) atoms. The van der Waals surface area contributed by atoms with E-state index in [1.54, 1.807) is 36.4 Å². The van der Waals surface area contributed by atoms with Gasteiger partial charge in [0.1, 0.15) is 5.69 Å². The minimum atomic E-state index is -0.748. The molecule has 0 aliphatic heterocycles. The second kappa shape index (κ2) is 13.0. The number of rotatable bonds is 7. The van der Waals surface area contributed by atoms with E-state index in [-0.39, 0.29) is 22.7 Å². The largest absolute Gasteiger partial charge is 0.421 e. The van der Waals surface area contributed by atoms with Crippen molar-refractivity contribution in [3.63, 3.8) is 0 Å². The molecule has 5 rings (SSSR count). The van der Waals surface area contributed by atoms with Gasteiger partial charge in [-0.15, -0.1) is 0 Å². The maximum atomic E-state index is 13.5. The number of esters is 1. The van der Waals surface area contributed by atoms with E-state index in [1.807, 2.05) is 12.1 Å². The number of benzene rings is 4. The number of aromatic amines is 1. The fourth-order valence-corrected chi connectivity index (χ4v) is 6.63. The highest BCUT2D eigenvalue weighted by atomic mass is 79.9. The molecule has 0 unspecified atom stereocenters. The first kappa shape index (κ1) is 30.9. The van der Waals surface area contributed by atoms with E-state index in [4.69, 9.17) is 27.9 Å². The standard InChI is InChI=1S/C29H15Br3Cl2N4O5/c30-16-9-15(27(21(32)11-16)43-29(40)14-5-7-18(8-6-14)38(41)42)13-35-37-28(39)26-24(19-3-1-2-4-22(19)33)20-10-17(31)12-23(34)25(20)36-26/h1-13,36H,(H,37,39). The molecule has 0 radical (unpaired) electrons. The molecule has 9 nitrogen and oxygen atoms in total. The molecular formula is C29H15Br3Cl2N4O5. The molecule has 1 heterocycles. The first-order valence-electron chi connectivity index (χ1n) is 12.1. The highest BCUT2D eigenvalue weighted by Crippen LogP contribution is 2.40.